The number of rotatable bonds is 3. The Morgan fingerprint density at radius 2 is 1.52 bits per heavy atom. The summed E-state index contributed by atoms with van der Waals surface area (Å²) in [5.74, 6) is -0.839. The van der Waals surface area contributed by atoms with Crippen LogP contribution in [0.5, 0.6) is 0 Å². The van der Waals surface area contributed by atoms with Gasteiger partial charge in [-0.1, -0.05) is 18.2 Å². The Labute approximate surface area is 136 Å². The number of carbonyl (C=O) groups excluding carboxylic acids is 2. The summed E-state index contributed by atoms with van der Waals surface area (Å²) in [5.41, 5.74) is 3.69. The van der Waals surface area contributed by atoms with Crippen molar-refractivity contribution >= 4 is 34.7 Å². The first-order valence-electron chi connectivity index (χ1n) is 6.68. The minimum atomic E-state index is -0.449. The lowest BCUT2D eigenvalue weighted by molar-refractivity contribution is 0.0592. The summed E-state index contributed by atoms with van der Waals surface area (Å²) in [6, 6.07) is 10.4. The minimum Gasteiger partial charge on any atom is -0.465 e. The highest BCUT2D eigenvalue weighted by atomic mass is 32.1. The molecule has 0 spiro atoms. The van der Waals surface area contributed by atoms with E-state index >= 15 is 0 Å². The van der Waals surface area contributed by atoms with Crippen LogP contribution in [-0.2, 0) is 9.47 Å². The SMILES string of the molecule is COC(=O)c1ccc(-c2ccc(C(=O)OC)c3nsnc23)cc1. The van der Waals surface area contributed by atoms with Crippen molar-refractivity contribution < 1.29 is 19.1 Å². The van der Waals surface area contributed by atoms with Gasteiger partial charge in [0.1, 0.15) is 11.0 Å². The first-order valence-corrected chi connectivity index (χ1v) is 7.41. The van der Waals surface area contributed by atoms with Gasteiger partial charge in [-0.15, -0.1) is 0 Å². The van der Waals surface area contributed by atoms with E-state index in [2.05, 4.69) is 13.5 Å². The summed E-state index contributed by atoms with van der Waals surface area (Å²) in [4.78, 5) is 23.3. The molecule has 0 bridgehead atoms. The molecule has 0 fully saturated rings. The maximum Gasteiger partial charge on any atom is 0.340 e. The van der Waals surface area contributed by atoms with Gasteiger partial charge in [0.2, 0.25) is 0 Å². The summed E-state index contributed by atoms with van der Waals surface area (Å²) in [7, 11) is 2.67. The van der Waals surface area contributed by atoms with Crippen LogP contribution in [-0.4, -0.2) is 34.9 Å². The van der Waals surface area contributed by atoms with E-state index in [9.17, 15) is 9.59 Å². The third-order valence-electron chi connectivity index (χ3n) is 3.44. The molecule has 0 N–H and O–H groups in total. The predicted molar refractivity (Wildman–Crippen MR) is 85.5 cm³/mol. The molecule has 2 aromatic carbocycles. The molecular weight excluding hydrogens is 316 g/mol. The van der Waals surface area contributed by atoms with E-state index in [0.717, 1.165) is 22.9 Å². The second kappa shape index (κ2) is 6.13. The molecule has 23 heavy (non-hydrogen) atoms. The zero-order chi connectivity index (χ0) is 16.4. The number of hydrogen-bond donors (Lipinski definition) is 0. The van der Waals surface area contributed by atoms with E-state index in [1.165, 1.54) is 14.2 Å². The van der Waals surface area contributed by atoms with Crippen molar-refractivity contribution in [3.8, 4) is 11.1 Å². The van der Waals surface area contributed by atoms with E-state index in [0.29, 0.717) is 22.2 Å². The van der Waals surface area contributed by atoms with Crippen LogP contribution in [0.3, 0.4) is 0 Å². The number of methoxy groups -OCH3 is 2. The number of benzene rings is 2. The quantitative estimate of drug-likeness (QED) is 0.688. The third kappa shape index (κ3) is 2.66. The molecule has 6 nitrogen and oxygen atoms in total. The molecule has 0 aliphatic rings. The van der Waals surface area contributed by atoms with Crippen molar-refractivity contribution in [1.29, 1.82) is 0 Å². The Bertz CT molecular complexity index is 887. The standard InChI is InChI=1S/C16H12N2O4S/c1-21-15(19)10-5-3-9(4-6-10)11-7-8-12(16(20)22-2)14-13(11)17-23-18-14/h3-8H,1-2H3. The summed E-state index contributed by atoms with van der Waals surface area (Å²) >= 11 is 1.03. The third-order valence-corrected chi connectivity index (χ3v) is 3.97. The van der Waals surface area contributed by atoms with Gasteiger partial charge in [-0.2, -0.15) is 8.75 Å². The van der Waals surface area contributed by atoms with Crippen LogP contribution in [0, 0.1) is 0 Å². The molecule has 116 valence electrons. The summed E-state index contributed by atoms with van der Waals surface area (Å²) in [6.07, 6.45) is 0. The van der Waals surface area contributed by atoms with Crippen LogP contribution in [0.2, 0.25) is 0 Å². The van der Waals surface area contributed by atoms with Crippen LogP contribution in [0.25, 0.3) is 22.2 Å². The Hall–Kier alpha value is -2.80. The Balaban J connectivity index is 2.09. The maximum absolute atomic E-state index is 11.8. The number of ether oxygens (including phenoxy) is 2. The van der Waals surface area contributed by atoms with E-state index in [4.69, 9.17) is 4.74 Å². The zero-order valence-electron chi connectivity index (χ0n) is 12.4. The smallest absolute Gasteiger partial charge is 0.340 e. The molecule has 0 unspecified atom stereocenters. The molecular formula is C16H12N2O4S. The number of hydrogen-bond acceptors (Lipinski definition) is 7. The molecule has 0 saturated heterocycles. The fourth-order valence-electron chi connectivity index (χ4n) is 2.28. The largest absolute Gasteiger partial charge is 0.465 e. The van der Waals surface area contributed by atoms with Gasteiger partial charge in [0.15, 0.2) is 0 Å². The van der Waals surface area contributed by atoms with E-state index < -0.39 is 11.9 Å². The molecule has 0 aliphatic carbocycles. The molecule has 3 rings (SSSR count). The second-order valence-electron chi connectivity index (χ2n) is 4.68. The highest BCUT2D eigenvalue weighted by molar-refractivity contribution is 7.00. The first kappa shape index (κ1) is 15.1. The second-order valence-corrected chi connectivity index (χ2v) is 5.21. The van der Waals surface area contributed by atoms with Gasteiger partial charge < -0.3 is 9.47 Å². The number of nitrogens with zero attached hydrogens (tertiary/aromatic N) is 2. The lowest BCUT2D eigenvalue weighted by Gasteiger charge is -2.06. The van der Waals surface area contributed by atoms with Gasteiger partial charge in [0.05, 0.1) is 37.1 Å². The molecule has 0 atom stereocenters. The fourth-order valence-corrected chi connectivity index (χ4v) is 2.85. The van der Waals surface area contributed by atoms with Crippen molar-refractivity contribution in [2.45, 2.75) is 0 Å². The van der Waals surface area contributed by atoms with Crippen LogP contribution >= 0.6 is 11.7 Å². The maximum atomic E-state index is 11.8. The lowest BCUT2D eigenvalue weighted by Crippen LogP contribution is -2.02. The lowest BCUT2D eigenvalue weighted by atomic mass is 10.0. The van der Waals surface area contributed by atoms with Crippen molar-refractivity contribution in [3.05, 3.63) is 47.5 Å². The fraction of sp³-hybridized carbons (Fsp3) is 0.125. The molecule has 0 amide bonds. The zero-order valence-corrected chi connectivity index (χ0v) is 13.2. The predicted octanol–water partition coefficient (Wildman–Crippen LogP) is 2.93. The highest BCUT2D eigenvalue weighted by Crippen LogP contribution is 2.30. The van der Waals surface area contributed by atoms with Crippen molar-refractivity contribution in [1.82, 2.24) is 8.75 Å². The Morgan fingerprint density at radius 1 is 0.870 bits per heavy atom. The molecule has 0 saturated carbocycles. The van der Waals surface area contributed by atoms with Crippen molar-refractivity contribution in [2.75, 3.05) is 14.2 Å². The average molecular weight is 328 g/mol. The molecule has 0 aliphatic heterocycles. The number of carbonyl (C=O) groups is 2. The van der Waals surface area contributed by atoms with Gasteiger partial charge in [-0.05, 0) is 23.8 Å². The monoisotopic (exact) mass is 328 g/mol. The normalized spacial score (nSPS) is 10.5. The van der Waals surface area contributed by atoms with Crippen LogP contribution < -0.4 is 0 Å². The van der Waals surface area contributed by atoms with Crippen LogP contribution in [0.4, 0.5) is 0 Å². The summed E-state index contributed by atoms with van der Waals surface area (Å²) in [6.45, 7) is 0. The average Bonchev–Trinajstić information content (AvgIpc) is 3.09. The number of fused-ring (bicyclic) bond motifs is 1. The van der Waals surface area contributed by atoms with E-state index in [1.54, 1.807) is 36.4 Å². The van der Waals surface area contributed by atoms with Crippen molar-refractivity contribution in [3.63, 3.8) is 0 Å². The van der Waals surface area contributed by atoms with Crippen LogP contribution in [0.1, 0.15) is 20.7 Å². The number of aromatic nitrogens is 2. The minimum absolute atomic E-state index is 0.381. The highest BCUT2D eigenvalue weighted by Gasteiger charge is 2.17. The van der Waals surface area contributed by atoms with Gasteiger partial charge in [-0.3, -0.25) is 0 Å². The first-order chi connectivity index (χ1) is 11.2. The van der Waals surface area contributed by atoms with Crippen molar-refractivity contribution in [2.24, 2.45) is 0 Å². The van der Waals surface area contributed by atoms with E-state index in [-0.39, 0.29) is 0 Å². The number of esters is 2. The van der Waals surface area contributed by atoms with E-state index in [1.807, 2.05) is 0 Å². The van der Waals surface area contributed by atoms with Gasteiger partial charge in [-0.25, -0.2) is 9.59 Å². The molecule has 7 heteroatoms. The topological polar surface area (TPSA) is 78.4 Å². The Kier molecular flexibility index (Phi) is 4.03. The summed E-state index contributed by atoms with van der Waals surface area (Å²) < 4.78 is 17.9. The van der Waals surface area contributed by atoms with Gasteiger partial charge >= 0.3 is 11.9 Å². The molecule has 1 heterocycles. The summed E-state index contributed by atoms with van der Waals surface area (Å²) in [5, 5.41) is 0. The van der Waals surface area contributed by atoms with Gasteiger partial charge in [0, 0.05) is 5.56 Å². The van der Waals surface area contributed by atoms with Crippen LogP contribution in [0.15, 0.2) is 36.4 Å². The van der Waals surface area contributed by atoms with Gasteiger partial charge in [0.25, 0.3) is 0 Å². The Morgan fingerprint density at radius 3 is 2.17 bits per heavy atom. The molecule has 1 aromatic heterocycles. The molecule has 3 aromatic rings. The molecule has 0 radical (unpaired) electrons.